The molecule has 3 atom stereocenters. The van der Waals surface area contributed by atoms with E-state index in [2.05, 4.69) is 42.5 Å². The first-order valence-corrected chi connectivity index (χ1v) is 26.0. The highest BCUT2D eigenvalue weighted by Crippen LogP contribution is 2.19. The lowest BCUT2D eigenvalue weighted by molar-refractivity contribution is -0.154. The molecule has 1 rings (SSSR count). The highest BCUT2D eigenvalue weighted by Gasteiger charge is 2.21. The quantitative estimate of drug-likeness (QED) is 0.0266. The van der Waals surface area contributed by atoms with Crippen molar-refractivity contribution < 1.29 is 58.6 Å². The summed E-state index contributed by atoms with van der Waals surface area (Å²) in [5.41, 5.74) is 4.33. The first kappa shape index (κ1) is 62.6. The Kier molecular flexibility index (Phi) is 35.6. The van der Waals surface area contributed by atoms with Crippen LogP contribution in [0.1, 0.15) is 185 Å². The third kappa shape index (κ3) is 35.3. The zero-order valence-corrected chi connectivity index (χ0v) is 43.9. The molecule has 1 aliphatic heterocycles. The van der Waals surface area contributed by atoms with E-state index in [4.69, 9.17) is 28.4 Å². The molecule has 0 spiro atoms. The summed E-state index contributed by atoms with van der Waals surface area (Å²) in [7, 11) is 0. The van der Waals surface area contributed by atoms with E-state index in [1.165, 1.54) is 24.0 Å². The number of nitrogens with zero attached hydrogens (tertiary/aromatic N) is 1. The molecule has 1 saturated heterocycles. The van der Waals surface area contributed by atoms with Crippen LogP contribution in [0.3, 0.4) is 0 Å². The van der Waals surface area contributed by atoms with Crippen LogP contribution in [0.5, 0.6) is 0 Å². The molecule has 0 saturated carbocycles. The van der Waals surface area contributed by atoms with Gasteiger partial charge in [-0.15, -0.1) is 0 Å². The zero-order chi connectivity index (χ0) is 51.2. The average Bonchev–Trinajstić information content (AvgIpc) is 3.82. The maximum absolute atomic E-state index is 13.0. The van der Waals surface area contributed by atoms with E-state index in [9.17, 15) is 28.8 Å². The predicted molar refractivity (Wildman–Crippen MR) is 273 cm³/mol. The summed E-state index contributed by atoms with van der Waals surface area (Å²) in [6, 6.07) is 0. The number of alkyl carbamates (subject to hydrolysis) is 1. The molecule has 1 aliphatic rings. The molecule has 1 amide bonds. The molecule has 1 heterocycles. The van der Waals surface area contributed by atoms with E-state index in [0.717, 1.165) is 69.3 Å². The minimum atomic E-state index is -0.617. The third-order valence-corrected chi connectivity index (χ3v) is 12.1. The van der Waals surface area contributed by atoms with Crippen LogP contribution >= 0.6 is 0 Å². The second-order valence-electron chi connectivity index (χ2n) is 19.4. The van der Waals surface area contributed by atoms with E-state index in [-0.39, 0.29) is 90.3 Å². The van der Waals surface area contributed by atoms with E-state index in [0.29, 0.717) is 57.9 Å². The Morgan fingerprint density at radius 1 is 0.551 bits per heavy atom. The van der Waals surface area contributed by atoms with Gasteiger partial charge in [0.25, 0.3) is 0 Å². The van der Waals surface area contributed by atoms with Crippen LogP contribution in [0.4, 0.5) is 4.79 Å². The fourth-order valence-electron chi connectivity index (χ4n) is 7.39. The van der Waals surface area contributed by atoms with Crippen molar-refractivity contribution in [2.24, 2.45) is 17.8 Å². The minimum Gasteiger partial charge on any atom is -0.465 e. The van der Waals surface area contributed by atoms with E-state index in [1.807, 2.05) is 41.5 Å². The number of amides is 1. The summed E-state index contributed by atoms with van der Waals surface area (Å²) in [5.74, 6) is -2.45. The van der Waals surface area contributed by atoms with Gasteiger partial charge < -0.3 is 38.6 Å². The van der Waals surface area contributed by atoms with Crippen LogP contribution in [0.25, 0.3) is 0 Å². The van der Waals surface area contributed by atoms with Crippen molar-refractivity contribution in [1.29, 1.82) is 0 Å². The molecule has 1 N–H and O–H groups in total. The summed E-state index contributed by atoms with van der Waals surface area (Å²) < 4.78 is 33.5. The standard InChI is InChI=1S/C55H92N2O12.H2/c1-10-11-12-15-22-49(69-55(63)56-33-36-57-34-20-21-35-57)31-32-54(62)66-39-46(37-64-50(58)23-16-13-18-25-52(60)67-40-47(44(6)7)29-27-42(2)3)38-65-51(59)24-17-14-19-26-53(61)68-41-48(45(8)9)30-28-43(4)5;/h27-28,46-49H,6,8,10-26,29-41H2,1-5,7,9H3,(H,56,63);1H. The Labute approximate surface area is 417 Å². The number of allylic oxidation sites excluding steroid dienone is 4. The molecule has 0 aromatic rings. The van der Waals surface area contributed by atoms with Crippen molar-refractivity contribution in [2.45, 2.75) is 189 Å². The maximum atomic E-state index is 13.0. The monoisotopic (exact) mass is 975 g/mol. The second kappa shape index (κ2) is 39.3. The van der Waals surface area contributed by atoms with Crippen LogP contribution in [-0.2, 0) is 52.4 Å². The Morgan fingerprint density at radius 3 is 1.36 bits per heavy atom. The highest BCUT2D eigenvalue weighted by atomic mass is 16.6. The Morgan fingerprint density at radius 2 is 0.957 bits per heavy atom. The summed E-state index contributed by atoms with van der Waals surface area (Å²) in [4.78, 5) is 78.4. The van der Waals surface area contributed by atoms with Crippen molar-refractivity contribution in [1.82, 2.24) is 10.2 Å². The normalized spacial score (nSPS) is 14.0. The van der Waals surface area contributed by atoms with E-state index < -0.39 is 36.0 Å². The number of likely N-dealkylation sites (tertiary alicyclic amines) is 1. The van der Waals surface area contributed by atoms with Gasteiger partial charge in [-0.1, -0.05) is 86.6 Å². The topological polar surface area (TPSA) is 173 Å². The van der Waals surface area contributed by atoms with Crippen molar-refractivity contribution in [3.63, 3.8) is 0 Å². The van der Waals surface area contributed by atoms with Crippen LogP contribution in [0.2, 0.25) is 0 Å². The Balaban J connectivity index is 0.0000476. The lowest BCUT2D eigenvalue weighted by Crippen LogP contribution is -2.35. The van der Waals surface area contributed by atoms with Crippen molar-refractivity contribution >= 4 is 35.9 Å². The van der Waals surface area contributed by atoms with Gasteiger partial charge in [-0.05, 0) is 125 Å². The molecular formula is C55H94N2O12. The van der Waals surface area contributed by atoms with Gasteiger partial charge in [0.05, 0.1) is 19.1 Å². The number of esters is 5. The van der Waals surface area contributed by atoms with Crippen molar-refractivity contribution in [3.05, 3.63) is 47.6 Å². The first-order valence-electron chi connectivity index (χ1n) is 26.0. The molecular weight excluding hydrogens is 881 g/mol. The lowest BCUT2D eigenvalue weighted by Gasteiger charge is -2.20. The largest absolute Gasteiger partial charge is 0.465 e. The highest BCUT2D eigenvalue weighted by molar-refractivity contribution is 5.71. The summed E-state index contributed by atoms with van der Waals surface area (Å²) >= 11 is 0. The first-order chi connectivity index (χ1) is 33.0. The lowest BCUT2D eigenvalue weighted by atomic mass is 9.98. The maximum Gasteiger partial charge on any atom is 0.407 e. The summed E-state index contributed by atoms with van der Waals surface area (Å²) in [5, 5.41) is 2.85. The van der Waals surface area contributed by atoms with Crippen LogP contribution in [0, 0.1) is 17.8 Å². The molecule has 3 unspecified atom stereocenters. The van der Waals surface area contributed by atoms with Gasteiger partial charge in [0.15, 0.2) is 0 Å². The van der Waals surface area contributed by atoms with Crippen LogP contribution in [0.15, 0.2) is 47.6 Å². The Hall–Kier alpha value is -4.46. The predicted octanol–water partition coefficient (Wildman–Crippen LogP) is 11.5. The molecule has 0 aliphatic carbocycles. The van der Waals surface area contributed by atoms with Crippen molar-refractivity contribution in [2.75, 3.05) is 59.2 Å². The van der Waals surface area contributed by atoms with Crippen LogP contribution < -0.4 is 5.32 Å². The number of nitrogens with one attached hydrogen (secondary N) is 1. The van der Waals surface area contributed by atoms with Gasteiger partial charge >= 0.3 is 35.9 Å². The SMILES string of the molecule is C=C(C)C(CC=C(C)C)COC(=O)CCCCCC(=O)OCC(COC(=O)CCCCCC(=O)OCC(CC=C(C)C)C(=C)C)COC(=O)CCC(CCCCCC)OC(=O)NCCN1CCCC1.[HH]. The molecule has 0 radical (unpaired) electrons. The van der Waals surface area contributed by atoms with Gasteiger partial charge in [-0.2, -0.15) is 0 Å². The smallest absolute Gasteiger partial charge is 0.407 e. The fourth-order valence-corrected chi connectivity index (χ4v) is 7.39. The van der Waals surface area contributed by atoms with Gasteiger partial charge in [-0.25, -0.2) is 4.79 Å². The number of carbonyl (C=O) groups is 6. The van der Waals surface area contributed by atoms with Gasteiger partial charge in [-0.3, -0.25) is 24.0 Å². The molecule has 1 fully saturated rings. The van der Waals surface area contributed by atoms with Crippen LogP contribution in [-0.4, -0.2) is 106 Å². The number of rotatable bonds is 40. The molecule has 0 aromatic heterocycles. The zero-order valence-electron chi connectivity index (χ0n) is 43.9. The number of unbranched alkanes of at least 4 members (excludes halogenated alkanes) is 7. The molecule has 69 heavy (non-hydrogen) atoms. The fraction of sp³-hybridized carbons (Fsp3) is 0.745. The number of carbonyl (C=O) groups excluding carboxylic acids is 6. The van der Waals surface area contributed by atoms with Gasteiger partial charge in [0.2, 0.25) is 0 Å². The molecule has 14 nitrogen and oxygen atoms in total. The summed E-state index contributed by atoms with van der Waals surface area (Å²) in [6.45, 7) is 25.7. The molecule has 0 aromatic carbocycles. The second-order valence-corrected chi connectivity index (χ2v) is 19.4. The third-order valence-electron chi connectivity index (χ3n) is 12.1. The number of hydrogen-bond donors (Lipinski definition) is 1. The number of ether oxygens (including phenoxy) is 6. The van der Waals surface area contributed by atoms with Crippen molar-refractivity contribution in [3.8, 4) is 0 Å². The molecule has 396 valence electrons. The summed E-state index contributed by atoms with van der Waals surface area (Å²) in [6.07, 6.45) is 16.3. The van der Waals surface area contributed by atoms with E-state index in [1.54, 1.807) is 0 Å². The number of hydrogen-bond acceptors (Lipinski definition) is 13. The molecule has 0 bridgehead atoms. The minimum absolute atomic E-state index is 0. The van der Waals surface area contributed by atoms with E-state index >= 15 is 0 Å². The average molecular weight is 975 g/mol. The van der Waals surface area contributed by atoms with Gasteiger partial charge in [0, 0.05) is 58.5 Å². The molecule has 14 heteroatoms. The van der Waals surface area contributed by atoms with Gasteiger partial charge in [0.1, 0.15) is 25.9 Å². The Bertz CT molecular complexity index is 1520.